The maximum Gasteiger partial charge on any atom is 0.211 e. The van der Waals surface area contributed by atoms with E-state index in [0.29, 0.717) is 11.3 Å². The van der Waals surface area contributed by atoms with Crippen LogP contribution in [0.1, 0.15) is 27.6 Å². The minimum Gasteiger partial charge on any atom is -0.293 e. The summed E-state index contributed by atoms with van der Waals surface area (Å²) in [6.45, 7) is -0.129. The molecule has 0 aromatic carbocycles. The number of thiophene rings is 1. The summed E-state index contributed by atoms with van der Waals surface area (Å²) < 4.78 is 0. The number of nitrogens with zero attached hydrogens (tertiary/aromatic N) is 1. The van der Waals surface area contributed by atoms with Crippen LogP contribution in [0, 0.1) is 10.1 Å². The first-order chi connectivity index (χ1) is 6.18. The van der Waals surface area contributed by atoms with Crippen LogP contribution < -0.4 is 0 Å². The fraction of sp³-hybridized carbons (Fsp3) is 0.375. The average Bonchev–Trinajstić information content (AvgIpc) is 2.56. The first-order valence-corrected chi connectivity index (χ1v) is 4.79. The van der Waals surface area contributed by atoms with Gasteiger partial charge in [-0.3, -0.25) is 14.9 Å². The van der Waals surface area contributed by atoms with Crippen LogP contribution in [-0.2, 0) is 0 Å². The fourth-order valence-electron chi connectivity index (χ4n) is 1.64. The Balaban J connectivity index is 2.28. The SMILES string of the molecule is O=C1CC(C[N+](=O)[O-])c2ccsc21. The summed E-state index contributed by atoms with van der Waals surface area (Å²) in [6.07, 6.45) is 0.309. The van der Waals surface area contributed by atoms with Gasteiger partial charge in [0.2, 0.25) is 6.54 Å². The first kappa shape index (κ1) is 8.37. The van der Waals surface area contributed by atoms with Gasteiger partial charge < -0.3 is 0 Å². The summed E-state index contributed by atoms with van der Waals surface area (Å²) in [4.78, 5) is 22.0. The number of hydrogen-bond acceptors (Lipinski definition) is 4. The molecule has 1 aromatic heterocycles. The number of carbonyl (C=O) groups excluding carboxylic acids is 1. The second kappa shape index (κ2) is 2.92. The zero-order valence-corrected chi connectivity index (χ0v) is 7.54. The molecule has 0 amide bonds. The van der Waals surface area contributed by atoms with E-state index in [1.807, 2.05) is 11.4 Å². The second-order valence-corrected chi connectivity index (χ2v) is 3.96. The highest BCUT2D eigenvalue weighted by molar-refractivity contribution is 7.12. The number of fused-ring (bicyclic) bond motifs is 1. The number of hydrogen-bond donors (Lipinski definition) is 0. The highest BCUT2D eigenvalue weighted by Crippen LogP contribution is 2.36. The highest BCUT2D eigenvalue weighted by atomic mass is 32.1. The molecule has 0 bridgehead atoms. The lowest BCUT2D eigenvalue weighted by Crippen LogP contribution is -2.09. The van der Waals surface area contributed by atoms with Gasteiger partial charge in [-0.1, -0.05) is 0 Å². The van der Waals surface area contributed by atoms with Crippen molar-refractivity contribution in [2.75, 3.05) is 6.54 Å². The summed E-state index contributed by atoms with van der Waals surface area (Å²) in [7, 11) is 0. The molecule has 0 spiro atoms. The van der Waals surface area contributed by atoms with Crippen molar-refractivity contribution in [3.05, 3.63) is 32.0 Å². The second-order valence-electron chi connectivity index (χ2n) is 3.04. The van der Waals surface area contributed by atoms with Crippen molar-refractivity contribution in [3.63, 3.8) is 0 Å². The standard InChI is InChI=1S/C8H7NO3S/c10-7-3-5(4-9(11)12)6-1-2-13-8(6)7/h1-2,5H,3-4H2. The Labute approximate surface area is 78.3 Å². The van der Waals surface area contributed by atoms with Gasteiger partial charge in [0.15, 0.2) is 5.78 Å². The smallest absolute Gasteiger partial charge is 0.211 e. The van der Waals surface area contributed by atoms with Gasteiger partial charge in [0.25, 0.3) is 0 Å². The Bertz CT molecular complexity index is 371. The molecule has 68 valence electrons. The zero-order chi connectivity index (χ0) is 9.42. The third-order valence-corrected chi connectivity index (χ3v) is 3.16. The molecule has 1 aliphatic rings. The average molecular weight is 197 g/mol. The molecular formula is C8H7NO3S. The summed E-state index contributed by atoms with van der Waals surface area (Å²) in [5.74, 6) is -0.138. The molecule has 13 heavy (non-hydrogen) atoms. The van der Waals surface area contributed by atoms with Crippen molar-refractivity contribution in [1.82, 2.24) is 0 Å². The molecule has 4 nitrogen and oxygen atoms in total. The lowest BCUT2D eigenvalue weighted by Gasteiger charge is -2.01. The maximum absolute atomic E-state index is 11.3. The fourth-order valence-corrected chi connectivity index (χ4v) is 2.57. The largest absolute Gasteiger partial charge is 0.293 e. The Kier molecular flexibility index (Phi) is 1.88. The van der Waals surface area contributed by atoms with E-state index in [1.165, 1.54) is 11.3 Å². The Morgan fingerprint density at radius 2 is 2.46 bits per heavy atom. The molecule has 2 rings (SSSR count). The van der Waals surface area contributed by atoms with Crippen molar-refractivity contribution in [3.8, 4) is 0 Å². The predicted octanol–water partition coefficient (Wildman–Crippen LogP) is 1.69. The quantitative estimate of drug-likeness (QED) is 0.535. The van der Waals surface area contributed by atoms with Gasteiger partial charge in [0.1, 0.15) is 0 Å². The third-order valence-electron chi connectivity index (χ3n) is 2.19. The highest BCUT2D eigenvalue weighted by Gasteiger charge is 2.33. The molecule has 0 saturated carbocycles. The van der Waals surface area contributed by atoms with Crippen molar-refractivity contribution < 1.29 is 9.72 Å². The minimum absolute atomic E-state index is 0.0526. The van der Waals surface area contributed by atoms with E-state index in [0.717, 1.165) is 5.56 Å². The number of ketones is 1. The molecule has 1 aliphatic carbocycles. The van der Waals surface area contributed by atoms with E-state index in [9.17, 15) is 14.9 Å². The van der Waals surface area contributed by atoms with Crippen LogP contribution in [0.25, 0.3) is 0 Å². The molecule has 0 radical (unpaired) electrons. The molecule has 0 N–H and O–H groups in total. The van der Waals surface area contributed by atoms with Crippen LogP contribution in [0.15, 0.2) is 11.4 Å². The van der Waals surface area contributed by atoms with E-state index >= 15 is 0 Å². The Morgan fingerprint density at radius 1 is 1.69 bits per heavy atom. The molecule has 1 heterocycles. The maximum atomic E-state index is 11.3. The zero-order valence-electron chi connectivity index (χ0n) is 6.73. The van der Waals surface area contributed by atoms with Crippen LogP contribution in [0.3, 0.4) is 0 Å². The first-order valence-electron chi connectivity index (χ1n) is 3.91. The Morgan fingerprint density at radius 3 is 3.15 bits per heavy atom. The van der Waals surface area contributed by atoms with Crippen molar-refractivity contribution in [2.24, 2.45) is 0 Å². The van der Waals surface area contributed by atoms with Gasteiger partial charge in [-0.25, -0.2) is 0 Å². The third kappa shape index (κ3) is 1.35. The monoisotopic (exact) mass is 197 g/mol. The van der Waals surface area contributed by atoms with Crippen LogP contribution in [-0.4, -0.2) is 17.3 Å². The lowest BCUT2D eigenvalue weighted by atomic mass is 10.0. The number of nitro groups is 1. The van der Waals surface area contributed by atoms with Crippen LogP contribution in [0.4, 0.5) is 0 Å². The van der Waals surface area contributed by atoms with Gasteiger partial charge in [-0.15, -0.1) is 11.3 Å². The molecule has 0 fully saturated rings. The van der Waals surface area contributed by atoms with Gasteiger partial charge >= 0.3 is 0 Å². The lowest BCUT2D eigenvalue weighted by molar-refractivity contribution is -0.483. The van der Waals surface area contributed by atoms with E-state index in [4.69, 9.17) is 0 Å². The molecule has 1 unspecified atom stereocenters. The topological polar surface area (TPSA) is 60.2 Å². The number of Topliss-reactive ketones (excluding diaryl/α,β-unsaturated/α-hetero) is 1. The molecule has 0 saturated heterocycles. The van der Waals surface area contributed by atoms with Crippen LogP contribution >= 0.6 is 11.3 Å². The van der Waals surface area contributed by atoms with Crippen molar-refractivity contribution in [2.45, 2.75) is 12.3 Å². The summed E-state index contributed by atoms with van der Waals surface area (Å²) in [5, 5.41) is 12.1. The summed E-state index contributed by atoms with van der Waals surface area (Å²) in [5.41, 5.74) is 0.867. The number of rotatable bonds is 2. The summed E-state index contributed by atoms with van der Waals surface area (Å²) >= 11 is 1.38. The molecule has 0 aliphatic heterocycles. The van der Waals surface area contributed by atoms with Crippen LogP contribution in [0.5, 0.6) is 0 Å². The Hall–Kier alpha value is -1.23. The van der Waals surface area contributed by atoms with Crippen molar-refractivity contribution in [1.29, 1.82) is 0 Å². The normalized spacial score (nSPS) is 20.3. The van der Waals surface area contributed by atoms with Gasteiger partial charge in [-0.2, -0.15) is 0 Å². The van der Waals surface area contributed by atoms with Gasteiger partial charge in [-0.05, 0) is 17.0 Å². The van der Waals surface area contributed by atoms with E-state index in [-0.39, 0.29) is 23.2 Å². The number of carbonyl (C=O) groups is 1. The molecular weight excluding hydrogens is 190 g/mol. The summed E-state index contributed by atoms with van der Waals surface area (Å²) in [6, 6.07) is 1.82. The molecule has 5 heteroatoms. The molecule has 1 aromatic rings. The minimum atomic E-state index is -0.356. The molecule has 1 atom stereocenters. The van der Waals surface area contributed by atoms with E-state index < -0.39 is 0 Å². The van der Waals surface area contributed by atoms with Crippen LogP contribution in [0.2, 0.25) is 0 Å². The van der Waals surface area contributed by atoms with Gasteiger partial charge in [0, 0.05) is 11.3 Å². The van der Waals surface area contributed by atoms with E-state index in [2.05, 4.69) is 0 Å². The van der Waals surface area contributed by atoms with Crippen molar-refractivity contribution >= 4 is 17.1 Å². The predicted molar refractivity (Wildman–Crippen MR) is 47.9 cm³/mol. The van der Waals surface area contributed by atoms with Gasteiger partial charge in [0.05, 0.1) is 10.8 Å². The van der Waals surface area contributed by atoms with E-state index in [1.54, 1.807) is 0 Å².